The van der Waals surface area contributed by atoms with Gasteiger partial charge in [0.1, 0.15) is 0 Å². The van der Waals surface area contributed by atoms with Crippen LogP contribution >= 0.6 is 0 Å². The van der Waals surface area contributed by atoms with E-state index in [0.717, 1.165) is 24.2 Å². The van der Waals surface area contributed by atoms with Crippen LogP contribution in [-0.4, -0.2) is 33.1 Å². The molecule has 0 atom stereocenters. The maximum absolute atomic E-state index is 12.1. The zero-order valence-corrected chi connectivity index (χ0v) is 11.4. The molecule has 0 radical (unpaired) electrons. The number of carboxylic acids is 1. The van der Waals surface area contributed by atoms with Crippen molar-refractivity contribution in [3.05, 3.63) is 48.0 Å². The van der Waals surface area contributed by atoms with Crippen molar-refractivity contribution in [3.63, 3.8) is 0 Å². The monoisotopic (exact) mass is 285 g/mol. The molecule has 1 N–H and O–H groups in total. The highest BCUT2D eigenvalue weighted by Gasteiger charge is 2.27. The molecule has 3 rings (SSSR count). The number of imidazole rings is 1. The molecular formula is C15H15N3O3. The topological polar surface area (TPSA) is 75.4 Å². The molecular weight excluding hydrogens is 270 g/mol. The third-order valence-corrected chi connectivity index (χ3v) is 3.62. The molecule has 1 aliphatic rings. The van der Waals surface area contributed by atoms with Crippen LogP contribution in [0.5, 0.6) is 0 Å². The first-order chi connectivity index (χ1) is 10.1. The summed E-state index contributed by atoms with van der Waals surface area (Å²) in [5, 5.41) is 9.06. The van der Waals surface area contributed by atoms with E-state index >= 15 is 0 Å². The van der Waals surface area contributed by atoms with Crippen molar-refractivity contribution in [2.75, 3.05) is 11.4 Å². The van der Waals surface area contributed by atoms with E-state index in [1.807, 2.05) is 10.8 Å². The van der Waals surface area contributed by atoms with E-state index in [4.69, 9.17) is 5.11 Å². The van der Waals surface area contributed by atoms with Gasteiger partial charge in [-0.3, -0.25) is 4.79 Å². The first-order valence-electron chi connectivity index (χ1n) is 6.77. The summed E-state index contributed by atoms with van der Waals surface area (Å²) in [6.45, 7) is 1.35. The predicted octanol–water partition coefficient (Wildman–Crippen LogP) is 1.56. The van der Waals surface area contributed by atoms with Gasteiger partial charge in [-0.2, -0.15) is 0 Å². The minimum absolute atomic E-state index is 0.0261. The second-order valence-electron chi connectivity index (χ2n) is 5.02. The highest BCUT2D eigenvalue weighted by molar-refractivity contribution is 6.03. The summed E-state index contributed by atoms with van der Waals surface area (Å²) in [4.78, 5) is 28.8. The fraction of sp³-hybridized carbons (Fsp3) is 0.267. The van der Waals surface area contributed by atoms with Crippen LogP contribution in [0.15, 0.2) is 36.9 Å². The van der Waals surface area contributed by atoms with Crippen molar-refractivity contribution >= 4 is 17.6 Å². The van der Waals surface area contributed by atoms with E-state index in [1.54, 1.807) is 35.6 Å². The largest absolute Gasteiger partial charge is 0.478 e. The van der Waals surface area contributed by atoms with Crippen LogP contribution in [0.3, 0.4) is 0 Å². The standard InChI is InChI=1S/C15H15N3O3/c19-14-9-11-2-3-12(15(20)21)8-13(11)18(14)6-1-5-17-7-4-16-10-17/h2-4,7-8,10H,1,5-6,9H2,(H,20,21). The summed E-state index contributed by atoms with van der Waals surface area (Å²) in [5.74, 6) is -0.950. The van der Waals surface area contributed by atoms with Gasteiger partial charge in [0.15, 0.2) is 0 Å². The van der Waals surface area contributed by atoms with E-state index in [9.17, 15) is 9.59 Å². The Bertz CT molecular complexity index is 679. The maximum Gasteiger partial charge on any atom is 0.335 e. The normalized spacial score (nSPS) is 13.5. The van der Waals surface area contributed by atoms with Gasteiger partial charge in [-0.25, -0.2) is 9.78 Å². The zero-order chi connectivity index (χ0) is 14.8. The Labute approximate surface area is 121 Å². The molecule has 0 fully saturated rings. The Balaban J connectivity index is 1.73. The Morgan fingerprint density at radius 3 is 2.90 bits per heavy atom. The second-order valence-corrected chi connectivity index (χ2v) is 5.02. The maximum atomic E-state index is 12.1. The van der Waals surface area contributed by atoms with Crippen molar-refractivity contribution in [2.45, 2.75) is 19.4 Å². The number of carbonyl (C=O) groups is 2. The Morgan fingerprint density at radius 2 is 2.19 bits per heavy atom. The number of carbonyl (C=O) groups excluding carboxylic acids is 1. The number of carboxylic acid groups (broad SMARTS) is 1. The van der Waals surface area contributed by atoms with Crippen molar-refractivity contribution in [1.82, 2.24) is 9.55 Å². The highest BCUT2D eigenvalue weighted by Crippen LogP contribution is 2.30. The number of aromatic nitrogens is 2. The average Bonchev–Trinajstić information content (AvgIpc) is 3.06. The molecule has 1 aromatic carbocycles. The number of hydrogen-bond acceptors (Lipinski definition) is 3. The molecule has 0 spiro atoms. The van der Waals surface area contributed by atoms with Gasteiger partial charge >= 0.3 is 5.97 Å². The first-order valence-corrected chi connectivity index (χ1v) is 6.77. The van der Waals surface area contributed by atoms with E-state index < -0.39 is 5.97 Å². The van der Waals surface area contributed by atoms with Gasteiger partial charge in [-0.1, -0.05) is 6.07 Å². The molecule has 0 saturated heterocycles. The van der Waals surface area contributed by atoms with E-state index in [0.29, 0.717) is 13.0 Å². The lowest BCUT2D eigenvalue weighted by molar-refractivity contribution is -0.117. The summed E-state index contributed by atoms with van der Waals surface area (Å²) in [6, 6.07) is 4.86. The third-order valence-electron chi connectivity index (χ3n) is 3.62. The molecule has 1 aromatic heterocycles. The summed E-state index contributed by atoms with van der Waals surface area (Å²) in [7, 11) is 0. The van der Waals surface area contributed by atoms with Crippen LogP contribution in [0.4, 0.5) is 5.69 Å². The number of rotatable bonds is 5. The van der Waals surface area contributed by atoms with Crippen LogP contribution in [0.1, 0.15) is 22.3 Å². The second kappa shape index (κ2) is 5.40. The lowest BCUT2D eigenvalue weighted by Gasteiger charge is -2.17. The smallest absolute Gasteiger partial charge is 0.335 e. The average molecular weight is 285 g/mol. The Kier molecular flexibility index (Phi) is 3.43. The summed E-state index contributed by atoms with van der Waals surface area (Å²) in [5.41, 5.74) is 1.83. The van der Waals surface area contributed by atoms with Crippen molar-refractivity contribution in [2.24, 2.45) is 0 Å². The van der Waals surface area contributed by atoms with Crippen molar-refractivity contribution in [3.8, 4) is 0 Å². The van der Waals surface area contributed by atoms with Crippen LogP contribution < -0.4 is 4.90 Å². The van der Waals surface area contributed by atoms with Gasteiger partial charge in [-0.15, -0.1) is 0 Å². The van der Waals surface area contributed by atoms with E-state index in [1.165, 1.54) is 0 Å². The summed E-state index contributed by atoms with van der Waals surface area (Å²) in [6.07, 6.45) is 6.47. The summed E-state index contributed by atoms with van der Waals surface area (Å²) < 4.78 is 1.95. The minimum atomic E-state index is -0.976. The van der Waals surface area contributed by atoms with E-state index in [2.05, 4.69) is 4.98 Å². The number of nitrogens with zero attached hydrogens (tertiary/aromatic N) is 3. The van der Waals surface area contributed by atoms with Gasteiger partial charge < -0.3 is 14.6 Å². The highest BCUT2D eigenvalue weighted by atomic mass is 16.4. The summed E-state index contributed by atoms with van der Waals surface area (Å²) >= 11 is 0. The Hall–Kier alpha value is -2.63. The first kappa shape index (κ1) is 13.4. The van der Waals surface area contributed by atoms with Crippen LogP contribution in [0, 0.1) is 0 Å². The number of amides is 1. The SMILES string of the molecule is O=C(O)c1ccc2c(c1)N(CCCn1ccnc1)C(=O)C2. The molecule has 0 unspecified atom stereocenters. The quantitative estimate of drug-likeness (QED) is 0.904. The predicted molar refractivity (Wildman–Crippen MR) is 76.3 cm³/mol. The number of fused-ring (bicyclic) bond motifs is 1. The molecule has 0 aliphatic carbocycles. The van der Waals surface area contributed by atoms with Gasteiger partial charge in [0, 0.05) is 31.2 Å². The van der Waals surface area contributed by atoms with Gasteiger partial charge in [0.25, 0.3) is 0 Å². The van der Waals surface area contributed by atoms with Gasteiger partial charge in [-0.05, 0) is 24.1 Å². The van der Waals surface area contributed by atoms with E-state index in [-0.39, 0.29) is 11.5 Å². The molecule has 6 nitrogen and oxygen atoms in total. The van der Waals surface area contributed by atoms with Crippen LogP contribution in [-0.2, 0) is 17.8 Å². The molecule has 2 aromatic rings. The fourth-order valence-electron chi connectivity index (χ4n) is 2.57. The fourth-order valence-corrected chi connectivity index (χ4v) is 2.57. The van der Waals surface area contributed by atoms with Gasteiger partial charge in [0.05, 0.1) is 18.3 Å². The lowest BCUT2D eigenvalue weighted by atomic mass is 10.1. The molecule has 1 aliphatic heterocycles. The Morgan fingerprint density at radius 1 is 1.33 bits per heavy atom. The molecule has 0 saturated carbocycles. The zero-order valence-electron chi connectivity index (χ0n) is 11.4. The lowest BCUT2D eigenvalue weighted by Crippen LogP contribution is -2.28. The van der Waals surface area contributed by atoms with Crippen LogP contribution in [0.2, 0.25) is 0 Å². The molecule has 2 heterocycles. The molecule has 21 heavy (non-hydrogen) atoms. The van der Waals surface area contributed by atoms with Crippen molar-refractivity contribution in [1.29, 1.82) is 0 Å². The third kappa shape index (κ3) is 2.65. The van der Waals surface area contributed by atoms with Crippen molar-refractivity contribution < 1.29 is 14.7 Å². The van der Waals surface area contributed by atoms with Crippen LogP contribution in [0.25, 0.3) is 0 Å². The number of aromatic carboxylic acids is 1. The molecule has 1 amide bonds. The number of hydrogen-bond donors (Lipinski definition) is 1. The number of benzene rings is 1. The molecule has 0 bridgehead atoms. The number of anilines is 1. The molecule has 6 heteroatoms. The van der Waals surface area contributed by atoms with Gasteiger partial charge in [0.2, 0.25) is 5.91 Å². The molecule has 108 valence electrons. The minimum Gasteiger partial charge on any atom is -0.478 e. The number of aryl methyl sites for hydroxylation is 1.